The Morgan fingerprint density at radius 2 is 1.35 bits per heavy atom. The van der Waals surface area contributed by atoms with E-state index in [1.54, 1.807) is 6.33 Å². The molecule has 4 aromatic rings. The summed E-state index contributed by atoms with van der Waals surface area (Å²) in [5, 5.41) is 3.38. The normalized spacial score (nSPS) is 14.4. The van der Waals surface area contributed by atoms with E-state index in [4.69, 9.17) is 5.73 Å². The Hall–Kier alpha value is -3.90. The Morgan fingerprint density at radius 3 is 1.97 bits per heavy atom. The Kier molecular flexibility index (Phi) is 6.40. The molecule has 1 aliphatic rings. The summed E-state index contributed by atoms with van der Waals surface area (Å²) in [7, 11) is 0. The van der Waals surface area contributed by atoms with Gasteiger partial charge in [0, 0.05) is 31.9 Å². The highest BCUT2D eigenvalue weighted by Crippen LogP contribution is 2.33. The number of para-hydroxylation sites is 1. The molecule has 34 heavy (non-hydrogen) atoms. The summed E-state index contributed by atoms with van der Waals surface area (Å²) in [5.74, 6) is 1.44. The first-order valence-electron chi connectivity index (χ1n) is 11.7. The van der Waals surface area contributed by atoms with Gasteiger partial charge in [0.15, 0.2) is 11.6 Å². The number of nitrogen functional groups attached to an aromatic ring is 1. The fourth-order valence-electron chi connectivity index (χ4n) is 4.66. The number of benzene rings is 3. The van der Waals surface area contributed by atoms with Crippen molar-refractivity contribution in [2.45, 2.75) is 13.0 Å². The van der Waals surface area contributed by atoms with Crippen LogP contribution in [0, 0.1) is 6.92 Å². The predicted molar refractivity (Wildman–Crippen MR) is 139 cm³/mol. The fraction of sp³-hybridized carbons (Fsp3) is 0.214. The Labute approximate surface area is 201 Å². The summed E-state index contributed by atoms with van der Waals surface area (Å²) >= 11 is 0. The zero-order valence-electron chi connectivity index (χ0n) is 19.4. The number of hydrogen-bond acceptors (Lipinski definition) is 6. The summed E-state index contributed by atoms with van der Waals surface area (Å²) in [6.07, 6.45) is 1.59. The van der Waals surface area contributed by atoms with Crippen molar-refractivity contribution in [1.82, 2.24) is 14.9 Å². The van der Waals surface area contributed by atoms with Crippen molar-refractivity contribution >= 4 is 23.0 Å². The van der Waals surface area contributed by atoms with E-state index in [0.29, 0.717) is 11.5 Å². The van der Waals surface area contributed by atoms with Crippen LogP contribution in [0.25, 0.3) is 0 Å². The van der Waals surface area contributed by atoms with Crippen LogP contribution in [-0.2, 0) is 0 Å². The number of hydrogen-bond donors (Lipinski definition) is 2. The topological polar surface area (TPSA) is 70.3 Å². The van der Waals surface area contributed by atoms with Crippen LogP contribution in [0.3, 0.4) is 0 Å². The zero-order chi connectivity index (χ0) is 23.3. The largest absolute Gasteiger partial charge is 0.393 e. The quantitative estimate of drug-likeness (QED) is 0.430. The minimum Gasteiger partial charge on any atom is -0.393 e. The number of nitrogens with zero attached hydrogens (tertiary/aromatic N) is 4. The molecule has 1 aliphatic heterocycles. The zero-order valence-corrected chi connectivity index (χ0v) is 19.4. The van der Waals surface area contributed by atoms with Gasteiger partial charge in [0.05, 0.1) is 6.04 Å². The molecule has 1 saturated heterocycles. The van der Waals surface area contributed by atoms with Crippen LogP contribution < -0.4 is 16.0 Å². The van der Waals surface area contributed by atoms with Crippen LogP contribution in [0.2, 0.25) is 0 Å². The highest BCUT2D eigenvalue weighted by molar-refractivity contribution is 5.79. The first-order valence-corrected chi connectivity index (χ1v) is 11.7. The van der Waals surface area contributed by atoms with Crippen molar-refractivity contribution < 1.29 is 0 Å². The molecule has 2 heterocycles. The number of nitrogens with two attached hydrogens (primary N) is 1. The number of aryl methyl sites for hydroxylation is 1. The van der Waals surface area contributed by atoms with E-state index in [-0.39, 0.29) is 6.04 Å². The second kappa shape index (κ2) is 9.93. The molecule has 3 aromatic carbocycles. The molecule has 5 rings (SSSR count). The number of rotatable bonds is 6. The molecule has 0 unspecified atom stereocenters. The van der Waals surface area contributed by atoms with Gasteiger partial charge in [0.2, 0.25) is 0 Å². The lowest BCUT2D eigenvalue weighted by Gasteiger charge is -2.40. The van der Waals surface area contributed by atoms with Crippen LogP contribution in [0.5, 0.6) is 0 Å². The second-order valence-electron chi connectivity index (χ2n) is 8.65. The molecule has 172 valence electrons. The number of nitrogens with one attached hydrogen (secondary N) is 1. The van der Waals surface area contributed by atoms with E-state index in [2.05, 4.69) is 98.7 Å². The van der Waals surface area contributed by atoms with Crippen molar-refractivity contribution in [2.75, 3.05) is 42.1 Å². The van der Waals surface area contributed by atoms with Crippen molar-refractivity contribution in [3.05, 3.63) is 108 Å². The van der Waals surface area contributed by atoms with Gasteiger partial charge in [-0.25, -0.2) is 9.97 Å². The summed E-state index contributed by atoms with van der Waals surface area (Å²) in [6.45, 7) is 5.59. The molecule has 1 fully saturated rings. The highest BCUT2D eigenvalue weighted by atomic mass is 15.3. The van der Waals surface area contributed by atoms with Crippen molar-refractivity contribution in [3.8, 4) is 0 Å². The summed E-state index contributed by atoms with van der Waals surface area (Å²) in [4.78, 5) is 13.8. The molecule has 0 saturated carbocycles. The Bertz CT molecular complexity index is 1180. The molecule has 0 bridgehead atoms. The Morgan fingerprint density at radius 1 is 0.765 bits per heavy atom. The lowest BCUT2D eigenvalue weighted by Crippen LogP contribution is -2.48. The van der Waals surface area contributed by atoms with Gasteiger partial charge in [-0.2, -0.15) is 0 Å². The molecule has 0 atom stereocenters. The maximum Gasteiger partial charge on any atom is 0.159 e. The predicted octanol–water partition coefficient (Wildman–Crippen LogP) is 5.02. The molecule has 0 spiro atoms. The SMILES string of the molecule is Cc1ccccc1Nc1ncnc(N2CCN(C(c3ccccc3)c3ccccc3)CC2)c1N. The molecule has 3 N–H and O–H groups in total. The number of anilines is 4. The van der Waals surface area contributed by atoms with Crippen LogP contribution in [0.15, 0.2) is 91.3 Å². The first-order chi connectivity index (χ1) is 16.7. The molecular weight excluding hydrogens is 420 g/mol. The van der Waals surface area contributed by atoms with E-state index < -0.39 is 0 Å². The molecule has 0 radical (unpaired) electrons. The first kappa shape index (κ1) is 21.9. The van der Waals surface area contributed by atoms with Crippen molar-refractivity contribution in [3.63, 3.8) is 0 Å². The van der Waals surface area contributed by atoms with Crippen LogP contribution in [0.4, 0.5) is 23.0 Å². The van der Waals surface area contributed by atoms with Gasteiger partial charge >= 0.3 is 0 Å². The summed E-state index contributed by atoms with van der Waals surface area (Å²) in [5.41, 5.74) is 11.9. The van der Waals surface area contributed by atoms with E-state index >= 15 is 0 Å². The molecule has 0 aliphatic carbocycles. The van der Waals surface area contributed by atoms with Crippen LogP contribution in [-0.4, -0.2) is 41.0 Å². The van der Waals surface area contributed by atoms with Gasteiger partial charge in [0.1, 0.15) is 12.0 Å². The standard InChI is InChI=1S/C28H30N6/c1-21-10-8-9-15-24(21)32-27-25(29)28(31-20-30-27)34-18-16-33(17-19-34)26(22-11-4-2-5-12-22)23-13-6-3-7-14-23/h2-15,20,26H,16-19,29H2,1H3,(H,30,31,32). The third kappa shape index (κ3) is 4.58. The Balaban J connectivity index is 1.34. The van der Waals surface area contributed by atoms with E-state index in [0.717, 1.165) is 43.2 Å². The maximum atomic E-state index is 6.55. The van der Waals surface area contributed by atoms with Crippen molar-refractivity contribution in [1.29, 1.82) is 0 Å². The average Bonchev–Trinajstić information content (AvgIpc) is 2.89. The van der Waals surface area contributed by atoms with Crippen molar-refractivity contribution in [2.24, 2.45) is 0 Å². The van der Waals surface area contributed by atoms with Gasteiger partial charge < -0.3 is 16.0 Å². The van der Waals surface area contributed by atoms with Crippen LogP contribution >= 0.6 is 0 Å². The fourth-order valence-corrected chi connectivity index (χ4v) is 4.66. The number of piperazine rings is 1. The lowest BCUT2D eigenvalue weighted by molar-refractivity contribution is 0.212. The van der Waals surface area contributed by atoms with E-state index in [9.17, 15) is 0 Å². The minimum absolute atomic E-state index is 0.227. The number of aromatic nitrogens is 2. The van der Waals surface area contributed by atoms with Gasteiger partial charge in [-0.15, -0.1) is 0 Å². The molecule has 1 aromatic heterocycles. The molecular formula is C28H30N6. The minimum atomic E-state index is 0.227. The third-order valence-corrected chi connectivity index (χ3v) is 6.47. The maximum absolute atomic E-state index is 6.55. The van der Waals surface area contributed by atoms with Gasteiger partial charge in [-0.1, -0.05) is 78.9 Å². The van der Waals surface area contributed by atoms with Gasteiger partial charge in [-0.05, 0) is 29.7 Å². The summed E-state index contributed by atoms with van der Waals surface area (Å²) < 4.78 is 0. The lowest BCUT2D eigenvalue weighted by atomic mass is 9.96. The molecule has 6 heteroatoms. The second-order valence-corrected chi connectivity index (χ2v) is 8.65. The summed E-state index contributed by atoms with van der Waals surface area (Å²) in [6, 6.07) is 29.8. The monoisotopic (exact) mass is 450 g/mol. The smallest absolute Gasteiger partial charge is 0.159 e. The highest BCUT2D eigenvalue weighted by Gasteiger charge is 2.28. The van der Waals surface area contributed by atoms with Gasteiger partial charge in [-0.3, -0.25) is 4.90 Å². The van der Waals surface area contributed by atoms with E-state index in [1.165, 1.54) is 11.1 Å². The van der Waals surface area contributed by atoms with Crippen LogP contribution in [0.1, 0.15) is 22.7 Å². The van der Waals surface area contributed by atoms with Gasteiger partial charge in [0.25, 0.3) is 0 Å². The third-order valence-electron chi connectivity index (χ3n) is 6.47. The molecule has 6 nitrogen and oxygen atoms in total. The molecule has 0 amide bonds. The van der Waals surface area contributed by atoms with E-state index in [1.807, 2.05) is 18.2 Å². The average molecular weight is 451 g/mol.